The third-order valence-electron chi connectivity index (χ3n) is 3.51. The summed E-state index contributed by atoms with van der Waals surface area (Å²) < 4.78 is 2.06. The second-order valence-corrected chi connectivity index (χ2v) is 4.80. The fourth-order valence-electron chi connectivity index (χ4n) is 2.51. The van der Waals surface area contributed by atoms with Crippen LogP contribution in [0.3, 0.4) is 0 Å². The third-order valence-corrected chi connectivity index (χ3v) is 3.51. The molecule has 0 saturated carbocycles. The number of imidazole rings is 1. The molecule has 3 rings (SSSR count). The summed E-state index contributed by atoms with van der Waals surface area (Å²) in [4.78, 5) is 4.15. The minimum absolute atomic E-state index is 0.0427. The van der Waals surface area contributed by atoms with Crippen molar-refractivity contribution >= 4 is 0 Å². The molecule has 20 heavy (non-hydrogen) atoms. The Balaban J connectivity index is 2.03. The van der Waals surface area contributed by atoms with Crippen LogP contribution in [0.4, 0.5) is 0 Å². The van der Waals surface area contributed by atoms with Gasteiger partial charge >= 0.3 is 0 Å². The molecule has 0 aliphatic heterocycles. The Morgan fingerprint density at radius 1 is 0.850 bits per heavy atom. The quantitative estimate of drug-likeness (QED) is 0.785. The van der Waals surface area contributed by atoms with E-state index in [2.05, 4.69) is 33.8 Å². The Morgan fingerprint density at radius 2 is 1.45 bits per heavy atom. The Kier molecular flexibility index (Phi) is 3.61. The molecule has 3 aromatic rings. The van der Waals surface area contributed by atoms with Crippen molar-refractivity contribution in [2.24, 2.45) is 5.73 Å². The Bertz CT molecular complexity index is 633. The molecule has 1 heterocycles. The highest BCUT2D eigenvalue weighted by molar-refractivity contribution is 5.28. The predicted molar refractivity (Wildman–Crippen MR) is 80.2 cm³/mol. The summed E-state index contributed by atoms with van der Waals surface area (Å²) in [6.07, 6.45) is 5.56. The van der Waals surface area contributed by atoms with Gasteiger partial charge in [0.2, 0.25) is 0 Å². The smallest absolute Gasteiger partial charge is 0.0952 e. The van der Waals surface area contributed by atoms with Gasteiger partial charge in [0.1, 0.15) is 0 Å². The number of rotatable bonds is 4. The Hall–Kier alpha value is -2.39. The molecular formula is C17H17N3. The molecule has 2 aromatic carbocycles. The van der Waals surface area contributed by atoms with E-state index in [0.29, 0.717) is 0 Å². The molecule has 0 aliphatic rings. The monoisotopic (exact) mass is 263 g/mol. The van der Waals surface area contributed by atoms with E-state index in [4.69, 9.17) is 5.73 Å². The highest BCUT2D eigenvalue weighted by Gasteiger charge is 2.22. The minimum atomic E-state index is -0.118. The zero-order valence-electron chi connectivity index (χ0n) is 11.1. The summed E-state index contributed by atoms with van der Waals surface area (Å²) in [7, 11) is 0. The van der Waals surface area contributed by atoms with Crippen LogP contribution in [0.1, 0.15) is 23.2 Å². The van der Waals surface area contributed by atoms with Gasteiger partial charge in [-0.15, -0.1) is 0 Å². The van der Waals surface area contributed by atoms with Crippen molar-refractivity contribution in [2.45, 2.75) is 12.1 Å². The van der Waals surface area contributed by atoms with Gasteiger partial charge in [-0.3, -0.25) is 0 Å². The van der Waals surface area contributed by atoms with E-state index in [0.717, 1.165) is 5.56 Å². The molecule has 0 bridgehead atoms. The first-order chi connectivity index (χ1) is 9.86. The molecule has 0 fully saturated rings. The molecule has 0 radical (unpaired) electrons. The summed E-state index contributed by atoms with van der Waals surface area (Å²) in [6.45, 7) is 0. The minimum Gasteiger partial charge on any atom is -0.328 e. The van der Waals surface area contributed by atoms with E-state index in [1.807, 2.05) is 48.9 Å². The average Bonchev–Trinajstić information content (AvgIpc) is 3.03. The van der Waals surface area contributed by atoms with Crippen LogP contribution in [0.5, 0.6) is 0 Å². The molecule has 0 spiro atoms. The first kappa shape index (κ1) is 12.6. The van der Waals surface area contributed by atoms with Crippen molar-refractivity contribution in [3.63, 3.8) is 0 Å². The highest BCUT2D eigenvalue weighted by Crippen LogP contribution is 2.30. The topological polar surface area (TPSA) is 43.8 Å². The van der Waals surface area contributed by atoms with Crippen molar-refractivity contribution < 1.29 is 0 Å². The lowest BCUT2D eigenvalue weighted by atomic mass is 9.94. The number of nitrogens with two attached hydrogens (primary N) is 1. The lowest BCUT2D eigenvalue weighted by molar-refractivity contribution is 0.484. The third kappa shape index (κ3) is 2.49. The molecule has 0 saturated heterocycles. The van der Waals surface area contributed by atoms with Gasteiger partial charge < -0.3 is 10.3 Å². The van der Waals surface area contributed by atoms with E-state index in [1.165, 1.54) is 5.56 Å². The number of benzene rings is 2. The molecule has 2 unspecified atom stereocenters. The number of aromatic nitrogens is 2. The van der Waals surface area contributed by atoms with Crippen LogP contribution in [-0.2, 0) is 0 Å². The first-order valence-corrected chi connectivity index (χ1v) is 6.69. The Morgan fingerprint density at radius 3 is 2.00 bits per heavy atom. The molecule has 3 heteroatoms. The first-order valence-electron chi connectivity index (χ1n) is 6.69. The normalized spacial score (nSPS) is 13.8. The zero-order chi connectivity index (χ0) is 13.8. The van der Waals surface area contributed by atoms with Gasteiger partial charge in [-0.2, -0.15) is 0 Å². The second-order valence-electron chi connectivity index (χ2n) is 4.80. The lowest BCUT2D eigenvalue weighted by Gasteiger charge is -2.26. The number of hydrogen-bond acceptors (Lipinski definition) is 2. The van der Waals surface area contributed by atoms with Crippen molar-refractivity contribution in [1.82, 2.24) is 9.55 Å². The maximum atomic E-state index is 6.51. The van der Waals surface area contributed by atoms with Crippen molar-refractivity contribution in [1.29, 1.82) is 0 Å². The fourth-order valence-corrected chi connectivity index (χ4v) is 2.51. The van der Waals surface area contributed by atoms with Gasteiger partial charge in [0.25, 0.3) is 0 Å². The van der Waals surface area contributed by atoms with E-state index in [1.54, 1.807) is 6.20 Å². The molecule has 2 atom stereocenters. The molecule has 3 nitrogen and oxygen atoms in total. The molecule has 2 N–H and O–H groups in total. The molecule has 100 valence electrons. The summed E-state index contributed by atoms with van der Waals surface area (Å²) in [5, 5.41) is 0. The van der Waals surface area contributed by atoms with Gasteiger partial charge in [0.05, 0.1) is 18.4 Å². The van der Waals surface area contributed by atoms with Crippen LogP contribution < -0.4 is 5.73 Å². The van der Waals surface area contributed by atoms with E-state index in [9.17, 15) is 0 Å². The number of hydrogen-bond donors (Lipinski definition) is 1. The van der Waals surface area contributed by atoms with E-state index < -0.39 is 0 Å². The molecule has 0 aliphatic carbocycles. The summed E-state index contributed by atoms with van der Waals surface area (Å²) >= 11 is 0. The largest absolute Gasteiger partial charge is 0.328 e. The van der Waals surface area contributed by atoms with Gasteiger partial charge in [-0.25, -0.2) is 4.98 Å². The van der Waals surface area contributed by atoms with E-state index >= 15 is 0 Å². The van der Waals surface area contributed by atoms with Crippen LogP contribution in [0.25, 0.3) is 0 Å². The maximum absolute atomic E-state index is 6.51. The van der Waals surface area contributed by atoms with Crippen LogP contribution in [0, 0.1) is 0 Å². The molecule has 1 aromatic heterocycles. The molecule has 0 amide bonds. The van der Waals surface area contributed by atoms with Gasteiger partial charge in [0.15, 0.2) is 0 Å². The van der Waals surface area contributed by atoms with Crippen molar-refractivity contribution in [3.05, 3.63) is 90.5 Å². The highest BCUT2D eigenvalue weighted by atomic mass is 15.1. The van der Waals surface area contributed by atoms with Gasteiger partial charge in [-0.05, 0) is 11.1 Å². The van der Waals surface area contributed by atoms with E-state index in [-0.39, 0.29) is 12.1 Å². The standard InChI is InChI=1S/C17H17N3/c18-16(14-7-3-1-4-8-14)17(20-12-11-19-13-20)15-9-5-2-6-10-15/h1-13,16-17H,18H2. The summed E-state index contributed by atoms with van der Waals surface area (Å²) in [5.74, 6) is 0. The number of nitrogens with zero attached hydrogens (tertiary/aromatic N) is 2. The second kappa shape index (κ2) is 5.72. The van der Waals surface area contributed by atoms with Crippen molar-refractivity contribution in [3.8, 4) is 0 Å². The van der Waals surface area contributed by atoms with Gasteiger partial charge in [0, 0.05) is 12.4 Å². The van der Waals surface area contributed by atoms with Crippen LogP contribution >= 0.6 is 0 Å². The molecular weight excluding hydrogens is 246 g/mol. The Labute approximate surface area is 118 Å². The van der Waals surface area contributed by atoms with Crippen LogP contribution in [0.15, 0.2) is 79.4 Å². The average molecular weight is 263 g/mol. The SMILES string of the molecule is NC(c1ccccc1)C(c1ccccc1)n1ccnc1. The van der Waals surface area contributed by atoms with Crippen molar-refractivity contribution in [2.75, 3.05) is 0 Å². The summed E-state index contributed by atoms with van der Waals surface area (Å²) in [6, 6.07) is 20.4. The zero-order valence-corrected chi connectivity index (χ0v) is 11.1. The summed E-state index contributed by atoms with van der Waals surface area (Å²) in [5.41, 5.74) is 8.82. The van der Waals surface area contributed by atoms with Crippen LogP contribution in [-0.4, -0.2) is 9.55 Å². The van der Waals surface area contributed by atoms with Crippen LogP contribution in [0.2, 0.25) is 0 Å². The lowest BCUT2D eigenvalue weighted by Crippen LogP contribution is -2.25. The van der Waals surface area contributed by atoms with Gasteiger partial charge in [-0.1, -0.05) is 60.7 Å². The predicted octanol–water partition coefficient (Wildman–Crippen LogP) is 3.17. The fraction of sp³-hybridized carbons (Fsp3) is 0.118. The maximum Gasteiger partial charge on any atom is 0.0952 e.